The summed E-state index contributed by atoms with van der Waals surface area (Å²) in [5, 5.41) is 15.4. The Bertz CT molecular complexity index is 698. The summed E-state index contributed by atoms with van der Waals surface area (Å²) in [6.07, 6.45) is 4.89. The van der Waals surface area contributed by atoms with Gasteiger partial charge in [0.1, 0.15) is 11.4 Å². The Morgan fingerprint density at radius 2 is 2.35 bits per heavy atom. The van der Waals surface area contributed by atoms with E-state index in [4.69, 9.17) is 4.98 Å². The van der Waals surface area contributed by atoms with Crippen LogP contribution >= 0.6 is 23.1 Å². The fraction of sp³-hybridized carbons (Fsp3) is 0.417. The number of fused-ring (bicyclic) bond motifs is 1. The largest absolute Gasteiger partial charge is 0.311 e. The van der Waals surface area contributed by atoms with Crippen molar-refractivity contribution in [2.75, 3.05) is 6.54 Å². The van der Waals surface area contributed by atoms with Crippen molar-refractivity contribution in [1.29, 1.82) is 0 Å². The van der Waals surface area contributed by atoms with Gasteiger partial charge in [-0.2, -0.15) is 0 Å². The third kappa shape index (κ3) is 2.58. The first-order chi connectivity index (χ1) is 9.79. The minimum Gasteiger partial charge on any atom is -0.311 e. The number of hydrogen-bond donors (Lipinski definition) is 1. The van der Waals surface area contributed by atoms with Crippen LogP contribution in [0.15, 0.2) is 28.1 Å². The molecular weight excluding hydrogens is 292 g/mol. The Hall–Kier alpha value is -1.38. The van der Waals surface area contributed by atoms with Crippen LogP contribution in [-0.4, -0.2) is 30.7 Å². The lowest BCUT2D eigenvalue weighted by atomic mass is 10.4. The summed E-state index contributed by atoms with van der Waals surface area (Å²) in [5.74, 6) is 0. The highest BCUT2D eigenvalue weighted by molar-refractivity contribution is 7.99. The Kier molecular flexibility index (Phi) is 4.04. The van der Waals surface area contributed by atoms with Crippen molar-refractivity contribution in [1.82, 2.24) is 29.5 Å². The maximum absolute atomic E-state index is 4.69. The van der Waals surface area contributed by atoms with Gasteiger partial charge in [-0.15, -0.1) is 21.5 Å². The van der Waals surface area contributed by atoms with Gasteiger partial charge in [-0.1, -0.05) is 6.92 Å². The molecule has 0 saturated carbocycles. The molecule has 0 radical (unpaired) electrons. The van der Waals surface area contributed by atoms with Gasteiger partial charge >= 0.3 is 0 Å². The molecule has 20 heavy (non-hydrogen) atoms. The zero-order valence-corrected chi connectivity index (χ0v) is 13.0. The Morgan fingerprint density at radius 3 is 3.10 bits per heavy atom. The number of hydrogen-bond acceptors (Lipinski definition) is 6. The Labute approximate surface area is 125 Å². The number of rotatable bonds is 6. The van der Waals surface area contributed by atoms with Crippen LogP contribution in [0.1, 0.15) is 19.0 Å². The number of aryl methyl sites for hydroxylation is 1. The highest BCUT2D eigenvalue weighted by atomic mass is 32.2. The molecule has 6 nitrogen and oxygen atoms in total. The van der Waals surface area contributed by atoms with Crippen LogP contribution in [0.5, 0.6) is 0 Å². The quantitative estimate of drug-likeness (QED) is 0.707. The number of imidazole rings is 1. The van der Waals surface area contributed by atoms with Crippen LogP contribution in [-0.2, 0) is 13.6 Å². The predicted molar refractivity (Wildman–Crippen MR) is 80.2 cm³/mol. The van der Waals surface area contributed by atoms with Crippen molar-refractivity contribution < 1.29 is 0 Å². The summed E-state index contributed by atoms with van der Waals surface area (Å²) >= 11 is 3.21. The SMILES string of the molecule is CCCNCc1c(Sc2nncn2C)nc2sccn12. The summed E-state index contributed by atoms with van der Waals surface area (Å²) in [6.45, 7) is 3.98. The van der Waals surface area contributed by atoms with Crippen molar-refractivity contribution in [2.24, 2.45) is 7.05 Å². The first kappa shape index (κ1) is 13.6. The minimum atomic E-state index is 0.811. The Balaban J connectivity index is 1.90. The highest BCUT2D eigenvalue weighted by Crippen LogP contribution is 2.30. The smallest absolute Gasteiger partial charge is 0.197 e. The fourth-order valence-corrected chi connectivity index (χ4v) is 3.55. The van der Waals surface area contributed by atoms with E-state index in [1.807, 2.05) is 11.6 Å². The zero-order chi connectivity index (χ0) is 13.9. The van der Waals surface area contributed by atoms with Gasteiger partial charge in [0.25, 0.3) is 0 Å². The van der Waals surface area contributed by atoms with Gasteiger partial charge in [0, 0.05) is 25.2 Å². The number of nitrogens with zero attached hydrogens (tertiary/aromatic N) is 5. The zero-order valence-electron chi connectivity index (χ0n) is 11.4. The summed E-state index contributed by atoms with van der Waals surface area (Å²) in [6, 6.07) is 0. The van der Waals surface area contributed by atoms with E-state index in [1.165, 1.54) is 5.69 Å². The third-order valence-electron chi connectivity index (χ3n) is 2.90. The molecule has 3 aromatic heterocycles. The second-order valence-corrected chi connectivity index (χ2v) is 6.25. The van der Waals surface area contributed by atoms with E-state index < -0.39 is 0 Å². The monoisotopic (exact) mass is 308 g/mol. The van der Waals surface area contributed by atoms with Gasteiger partial charge in [0.15, 0.2) is 10.1 Å². The van der Waals surface area contributed by atoms with Gasteiger partial charge in [0.05, 0.1) is 5.69 Å². The van der Waals surface area contributed by atoms with Crippen molar-refractivity contribution in [3.63, 3.8) is 0 Å². The summed E-state index contributed by atoms with van der Waals surface area (Å²) in [5.41, 5.74) is 1.18. The molecule has 3 rings (SSSR count). The third-order valence-corrected chi connectivity index (χ3v) is 4.73. The highest BCUT2D eigenvalue weighted by Gasteiger charge is 2.16. The van der Waals surface area contributed by atoms with Crippen molar-refractivity contribution in [2.45, 2.75) is 30.1 Å². The van der Waals surface area contributed by atoms with Gasteiger partial charge in [-0.3, -0.25) is 4.40 Å². The van der Waals surface area contributed by atoms with Crippen molar-refractivity contribution in [3.8, 4) is 0 Å². The average Bonchev–Trinajstić information content (AvgIpc) is 3.10. The van der Waals surface area contributed by atoms with E-state index in [1.54, 1.807) is 29.4 Å². The van der Waals surface area contributed by atoms with E-state index in [-0.39, 0.29) is 0 Å². The van der Waals surface area contributed by atoms with E-state index in [0.29, 0.717) is 0 Å². The van der Waals surface area contributed by atoms with Crippen LogP contribution in [0.2, 0.25) is 0 Å². The molecule has 0 bridgehead atoms. The molecule has 0 amide bonds. The van der Waals surface area contributed by atoms with Crippen LogP contribution in [0.25, 0.3) is 4.96 Å². The second-order valence-electron chi connectivity index (χ2n) is 4.42. The minimum absolute atomic E-state index is 0.811. The number of nitrogens with one attached hydrogen (secondary N) is 1. The van der Waals surface area contributed by atoms with E-state index in [0.717, 1.165) is 34.7 Å². The predicted octanol–water partition coefficient (Wildman–Crippen LogP) is 2.18. The maximum atomic E-state index is 4.69. The molecule has 106 valence electrons. The normalized spacial score (nSPS) is 11.5. The van der Waals surface area contributed by atoms with Gasteiger partial charge in [-0.05, 0) is 24.7 Å². The molecule has 0 aromatic carbocycles. The van der Waals surface area contributed by atoms with Crippen LogP contribution in [0.3, 0.4) is 0 Å². The number of thiazole rings is 1. The van der Waals surface area contributed by atoms with E-state index in [2.05, 4.69) is 38.4 Å². The molecule has 3 heterocycles. The van der Waals surface area contributed by atoms with Crippen LogP contribution in [0.4, 0.5) is 0 Å². The summed E-state index contributed by atoms with van der Waals surface area (Å²) in [4.78, 5) is 5.71. The Morgan fingerprint density at radius 1 is 1.45 bits per heavy atom. The van der Waals surface area contributed by atoms with Gasteiger partial charge < -0.3 is 9.88 Å². The molecule has 8 heteroatoms. The van der Waals surface area contributed by atoms with Crippen LogP contribution < -0.4 is 5.32 Å². The summed E-state index contributed by atoms with van der Waals surface area (Å²) in [7, 11) is 1.94. The van der Waals surface area contributed by atoms with E-state index in [9.17, 15) is 0 Å². The first-order valence-corrected chi connectivity index (χ1v) is 8.16. The second kappa shape index (κ2) is 5.94. The topological polar surface area (TPSA) is 60.0 Å². The lowest BCUT2D eigenvalue weighted by Crippen LogP contribution is -2.15. The maximum Gasteiger partial charge on any atom is 0.197 e. The van der Waals surface area contributed by atoms with Crippen molar-refractivity contribution >= 4 is 28.1 Å². The molecule has 0 spiro atoms. The lowest BCUT2D eigenvalue weighted by Gasteiger charge is -2.05. The van der Waals surface area contributed by atoms with Crippen molar-refractivity contribution in [3.05, 3.63) is 23.6 Å². The first-order valence-electron chi connectivity index (χ1n) is 6.46. The molecule has 3 aromatic rings. The molecule has 0 aliphatic carbocycles. The molecular formula is C12H16N6S2. The summed E-state index contributed by atoms with van der Waals surface area (Å²) < 4.78 is 4.05. The van der Waals surface area contributed by atoms with Crippen LogP contribution in [0, 0.1) is 0 Å². The lowest BCUT2D eigenvalue weighted by molar-refractivity contribution is 0.652. The van der Waals surface area contributed by atoms with Gasteiger partial charge in [-0.25, -0.2) is 4.98 Å². The molecule has 0 saturated heterocycles. The molecule has 1 N–H and O–H groups in total. The molecule has 0 aliphatic heterocycles. The van der Waals surface area contributed by atoms with E-state index >= 15 is 0 Å². The number of aromatic nitrogens is 5. The average molecular weight is 308 g/mol. The standard InChI is InChI=1S/C12H16N6S2/c1-3-4-13-7-9-10(15-11-18(9)5-6-19-11)20-12-16-14-8-17(12)2/h5-6,8,13H,3-4,7H2,1-2H3. The molecule has 0 unspecified atom stereocenters. The fourth-order valence-electron chi connectivity index (χ4n) is 1.89. The van der Waals surface area contributed by atoms with Gasteiger partial charge in [0.2, 0.25) is 0 Å². The molecule has 0 aliphatic rings. The molecule has 0 atom stereocenters. The molecule has 0 fully saturated rings.